The summed E-state index contributed by atoms with van der Waals surface area (Å²) in [6.45, 7) is 7.59. The molecule has 2 heterocycles. The summed E-state index contributed by atoms with van der Waals surface area (Å²) in [4.78, 5) is 34.2. The van der Waals surface area contributed by atoms with Crippen LogP contribution >= 0.6 is 11.8 Å². The molecule has 0 unspecified atom stereocenters. The van der Waals surface area contributed by atoms with Gasteiger partial charge in [0.05, 0.1) is 23.2 Å². The molecule has 0 atom stereocenters. The van der Waals surface area contributed by atoms with Crippen molar-refractivity contribution in [3.63, 3.8) is 0 Å². The van der Waals surface area contributed by atoms with Gasteiger partial charge in [0.15, 0.2) is 5.16 Å². The number of nitrogens with one attached hydrogen (secondary N) is 1. The first-order valence-corrected chi connectivity index (χ1v) is 11.9. The van der Waals surface area contributed by atoms with E-state index in [9.17, 15) is 14.7 Å². The van der Waals surface area contributed by atoms with Crippen molar-refractivity contribution in [2.75, 3.05) is 5.75 Å². The van der Waals surface area contributed by atoms with E-state index >= 15 is 0 Å². The van der Waals surface area contributed by atoms with E-state index in [2.05, 4.69) is 20.5 Å². The van der Waals surface area contributed by atoms with E-state index in [0.717, 1.165) is 22.5 Å². The Morgan fingerprint density at radius 3 is 2.43 bits per heavy atom. The van der Waals surface area contributed by atoms with Crippen LogP contribution in [0.2, 0.25) is 0 Å². The second-order valence-electron chi connectivity index (χ2n) is 8.23. The molecule has 0 aliphatic rings. The molecule has 178 valence electrons. The number of fused-ring (bicyclic) bond motifs is 1. The Balaban J connectivity index is 1.63. The van der Waals surface area contributed by atoms with Gasteiger partial charge in [0, 0.05) is 22.2 Å². The second-order valence-corrected chi connectivity index (χ2v) is 9.17. The zero-order valence-corrected chi connectivity index (χ0v) is 20.7. The second kappa shape index (κ2) is 10.1. The minimum Gasteiger partial charge on any atom is -0.494 e. The minimum atomic E-state index is -0.347. The normalized spacial score (nSPS) is 11.3. The zero-order chi connectivity index (χ0) is 25.1. The number of amides is 1. The average Bonchev–Trinajstić information content (AvgIpc) is 2.80. The molecule has 0 aliphatic carbocycles. The molecule has 8 nitrogen and oxygen atoms in total. The van der Waals surface area contributed by atoms with Crippen molar-refractivity contribution in [2.45, 2.75) is 32.9 Å². The lowest BCUT2D eigenvalue weighted by molar-refractivity contribution is -0.118. The van der Waals surface area contributed by atoms with E-state index in [-0.39, 0.29) is 23.1 Å². The SMILES string of the molecule is Cc1ccc(-n2c(O)c(/C=N/NC(=O)CSc3nc(C)cc(C)n3)c3ccccc3c2=O)c(C)c1. The fraction of sp³-hybridized carbons (Fsp3) is 0.192. The minimum absolute atomic E-state index is 0.0784. The van der Waals surface area contributed by atoms with Crippen LogP contribution in [0.3, 0.4) is 0 Å². The van der Waals surface area contributed by atoms with Crippen molar-refractivity contribution in [1.82, 2.24) is 20.0 Å². The van der Waals surface area contributed by atoms with Gasteiger partial charge in [-0.3, -0.25) is 9.59 Å². The first-order valence-electron chi connectivity index (χ1n) is 11.0. The summed E-state index contributed by atoms with van der Waals surface area (Å²) in [6, 6.07) is 14.5. The highest BCUT2D eigenvalue weighted by molar-refractivity contribution is 7.99. The van der Waals surface area contributed by atoms with Crippen molar-refractivity contribution in [3.05, 3.63) is 87.0 Å². The standard InChI is InChI=1S/C26H25N5O3S/c1-15-9-10-22(16(2)11-15)31-24(33)20-8-6-5-7-19(20)21(25(31)34)13-27-30-23(32)14-35-26-28-17(3)12-18(4)29-26/h5-13,34H,14H2,1-4H3,(H,30,32)/b27-13+. The molecule has 4 aromatic rings. The Hall–Kier alpha value is -3.98. The topological polar surface area (TPSA) is 109 Å². The van der Waals surface area contributed by atoms with E-state index < -0.39 is 0 Å². The smallest absolute Gasteiger partial charge is 0.265 e. The highest BCUT2D eigenvalue weighted by Crippen LogP contribution is 2.27. The van der Waals surface area contributed by atoms with Crippen molar-refractivity contribution in [2.24, 2.45) is 5.10 Å². The molecule has 2 N–H and O–H groups in total. The van der Waals surface area contributed by atoms with Gasteiger partial charge < -0.3 is 5.11 Å². The van der Waals surface area contributed by atoms with Crippen molar-refractivity contribution >= 4 is 34.7 Å². The average molecular weight is 488 g/mol. The number of aromatic nitrogens is 3. The van der Waals surface area contributed by atoms with Crippen LogP contribution < -0.4 is 11.0 Å². The van der Waals surface area contributed by atoms with Crippen molar-refractivity contribution < 1.29 is 9.90 Å². The first kappa shape index (κ1) is 24.2. The highest BCUT2D eigenvalue weighted by Gasteiger charge is 2.17. The van der Waals surface area contributed by atoms with Gasteiger partial charge in [0.1, 0.15) is 0 Å². The lowest BCUT2D eigenvalue weighted by atomic mass is 10.1. The quantitative estimate of drug-likeness (QED) is 0.184. The molecule has 1 amide bonds. The molecule has 0 saturated carbocycles. The molecular formula is C26H25N5O3S. The van der Waals surface area contributed by atoms with Crippen LogP contribution in [0.4, 0.5) is 0 Å². The lowest BCUT2D eigenvalue weighted by Gasteiger charge is -2.15. The number of pyridine rings is 1. The predicted octanol–water partition coefficient (Wildman–Crippen LogP) is 3.96. The third-order valence-corrected chi connectivity index (χ3v) is 6.22. The van der Waals surface area contributed by atoms with Crippen molar-refractivity contribution in [1.29, 1.82) is 0 Å². The fourth-order valence-corrected chi connectivity index (χ4v) is 4.60. The van der Waals surface area contributed by atoms with Gasteiger partial charge in [-0.2, -0.15) is 5.10 Å². The first-order chi connectivity index (χ1) is 16.7. The summed E-state index contributed by atoms with van der Waals surface area (Å²) in [5.41, 5.74) is 6.60. The van der Waals surface area contributed by atoms with Crippen LogP contribution in [-0.2, 0) is 4.79 Å². The number of benzene rings is 2. The van der Waals surface area contributed by atoms with Crippen LogP contribution in [0, 0.1) is 27.7 Å². The third kappa shape index (κ3) is 5.25. The number of carbonyl (C=O) groups excluding carboxylic acids is 1. The molecule has 2 aromatic heterocycles. The number of aromatic hydroxyl groups is 1. The Kier molecular flexibility index (Phi) is 6.97. The summed E-state index contributed by atoms with van der Waals surface area (Å²) in [7, 11) is 0. The number of aryl methyl sites for hydroxylation is 4. The Morgan fingerprint density at radius 1 is 1.06 bits per heavy atom. The van der Waals surface area contributed by atoms with E-state index in [1.807, 2.05) is 45.9 Å². The van der Waals surface area contributed by atoms with Crippen LogP contribution in [0.5, 0.6) is 5.88 Å². The van der Waals surface area contributed by atoms with Gasteiger partial charge >= 0.3 is 0 Å². The molecule has 0 bridgehead atoms. The van der Waals surface area contributed by atoms with Gasteiger partial charge in [0.2, 0.25) is 5.88 Å². The zero-order valence-electron chi connectivity index (χ0n) is 19.9. The van der Waals surface area contributed by atoms with Crippen LogP contribution in [-0.4, -0.2) is 37.5 Å². The van der Waals surface area contributed by atoms with Gasteiger partial charge in [-0.05, 0) is 51.5 Å². The van der Waals surface area contributed by atoms with Gasteiger partial charge in [0.25, 0.3) is 11.5 Å². The van der Waals surface area contributed by atoms with Gasteiger partial charge in [-0.1, -0.05) is 47.7 Å². The molecule has 0 fully saturated rings. The lowest BCUT2D eigenvalue weighted by Crippen LogP contribution is -2.22. The molecular weight excluding hydrogens is 462 g/mol. The van der Waals surface area contributed by atoms with Gasteiger partial charge in [-0.15, -0.1) is 0 Å². The molecule has 2 aromatic carbocycles. The molecule has 9 heteroatoms. The van der Waals surface area contributed by atoms with Gasteiger partial charge in [-0.25, -0.2) is 20.0 Å². The molecule has 0 radical (unpaired) electrons. The third-order valence-electron chi connectivity index (χ3n) is 5.37. The molecule has 4 rings (SSSR count). The molecule has 0 spiro atoms. The van der Waals surface area contributed by atoms with Crippen LogP contribution in [0.1, 0.15) is 28.1 Å². The maximum Gasteiger partial charge on any atom is 0.265 e. The van der Waals surface area contributed by atoms with E-state index in [1.165, 1.54) is 22.5 Å². The summed E-state index contributed by atoms with van der Waals surface area (Å²) >= 11 is 1.21. The molecule has 0 aliphatic heterocycles. The van der Waals surface area contributed by atoms with E-state index in [1.54, 1.807) is 30.3 Å². The number of carbonyl (C=O) groups is 1. The Labute approximate surface area is 206 Å². The Morgan fingerprint density at radius 2 is 1.74 bits per heavy atom. The largest absolute Gasteiger partial charge is 0.494 e. The Bertz CT molecular complexity index is 1510. The van der Waals surface area contributed by atoms with Crippen molar-refractivity contribution in [3.8, 4) is 11.6 Å². The van der Waals surface area contributed by atoms with E-state index in [0.29, 0.717) is 27.2 Å². The molecule has 0 saturated heterocycles. The monoisotopic (exact) mass is 487 g/mol. The predicted molar refractivity (Wildman–Crippen MR) is 139 cm³/mol. The maximum absolute atomic E-state index is 13.3. The summed E-state index contributed by atoms with van der Waals surface area (Å²) in [5, 5.41) is 16.7. The fourth-order valence-electron chi connectivity index (χ4n) is 3.86. The number of thioether (sulfide) groups is 1. The van der Waals surface area contributed by atoms with Crippen LogP contribution in [0.25, 0.3) is 16.5 Å². The number of nitrogens with zero attached hydrogens (tertiary/aromatic N) is 4. The number of hydrogen-bond donors (Lipinski definition) is 2. The maximum atomic E-state index is 13.3. The molecule has 35 heavy (non-hydrogen) atoms. The summed E-state index contributed by atoms with van der Waals surface area (Å²) in [6.07, 6.45) is 1.35. The number of rotatable bonds is 6. The van der Waals surface area contributed by atoms with E-state index in [4.69, 9.17) is 0 Å². The summed E-state index contributed by atoms with van der Waals surface area (Å²) in [5.74, 6) is -0.521. The highest BCUT2D eigenvalue weighted by atomic mass is 32.2. The number of hydrazone groups is 1. The van der Waals surface area contributed by atoms with Crippen LogP contribution in [0.15, 0.2) is 63.6 Å². The number of hydrogen-bond acceptors (Lipinski definition) is 7. The summed E-state index contributed by atoms with van der Waals surface area (Å²) < 4.78 is 1.27.